The summed E-state index contributed by atoms with van der Waals surface area (Å²) in [6.07, 6.45) is 0. The minimum atomic E-state index is -0.368. The van der Waals surface area contributed by atoms with E-state index in [1.807, 2.05) is 6.07 Å². The summed E-state index contributed by atoms with van der Waals surface area (Å²) in [6, 6.07) is 15.3. The predicted octanol–water partition coefficient (Wildman–Crippen LogP) is 4.15. The maximum Gasteiger partial charge on any atom is 0.142 e. The minimum Gasteiger partial charge on any atom is -0.383 e. The SMILES string of the molecule is N#Cc1c(-c2ccc(F)cc2)cc(-c2ccc(F)cc2)nc1N. The first kappa shape index (κ1) is 14.7. The van der Waals surface area contributed by atoms with E-state index < -0.39 is 0 Å². The highest BCUT2D eigenvalue weighted by Crippen LogP contribution is 2.31. The van der Waals surface area contributed by atoms with Crippen molar-refractivity contribution in [1.82, 2.24) is 4.98 Å². The van der Waals surface area contributed by atoms with Crippen LogP contribution >= 0.6 is 0 Å². The Morgan fingerprint density at radius 1 is 0.870 bits per heavy atom. The van der Waals surface area contributed by atoms with Crippen molar-refractivity contribution < 1.29 is 8.78 Å². The largest absolute Gasteiger partial charge is 0.383 e. The topological polar surface area (TPSA) is 62.7 Å². The van der Waals surface area contributed by atoms with Crippen LogP contribution in [-0.4, -0.2) is 4.98 Å². The lowest BCUT2D eigenvalue weighted by molar-refractivity contribution is 0.627. The standard InChI is InChI=1S/C18H11F2N3/c19-13-5-1-11(2-6-13)15-9-17(23-18(22)16(15)10-21)12-3-7-14(20)8-4-12/h1-9H,(H2,22,23). The van der Waals surface area contributed by atoms with Gasteiger partial charge in [0, 0.05) is 11.1 Å². The smallest absolute Gasteiger partial charge is 0.142 e. The Balaban J connectivity index is 2.20. The molecule has 112 valence electrons. The van der Waals surface area contributed by atoms with Gasteiger partial charge in [0.2, 0.25) is 0 Å². The van der Waals surface area contributed by atoms with Gasteiger partial charge in [-0.25, -0.2) is 13.8 Å². The van der Waals surface area contributed by atoms with Gasteiger partial charge in [0.25, 0.3) is 0 Å². The molecule has 3 aromatic rings. The van der Waals surface area contributed by atoms with E-state index in [2.05, 4.69) is 4.98 Å². The summed E-state index contributed by atoms with van der Waals surface area (Å²) in [7, 11) is 0. The van der Waals surface area contributed by atoms with Crippen LogP contribution in [0.3, 0.4) is 0 Å². The maximum atomic E-state index is 13.1. The Labute approximate surface area is 131 Å². The zero-order valence-electron chi connectivity index (χ0n) is 11.9. The second kappa shape index (κ2) is 5.85. The summed E-state index contributed by atoms with van der Waals surface area (Å²) < 4.78 is 26.2. The first-order chi connectivity index (χ1) is 11.1. The van der Waals surface area contributed by atoms with Crippen molar-refractivity contribution in [2.75, 3.05) is 5.73 Å². The normalized spacial score (nSPS) is 10.3. The number of rotatable bonds is 2. The number of halogens is 2. The number of aromatic nitrogens is 1. The highest BCUT2D eigenvalue weighted by molar-refractivity contribution is 5.80. The van der Waals surface area contributed by atoms with Gasteiger partial charge in [-0.1, -0.05) is 12.1 Å². The Morgan fingerprint density at radius 3 is 1.91 bits per heavy atom. The Kier molecular flexibility index (Phi) is 3.73. The van der Waals surface area contributed by atoms with E-state index in [0.717, 1.165) is 0 Å². The molecule has 0 atom stereocenters. The molecule has 0 unspecified atom stereocenters. The van der Waals surface area contributed by atoms with Crippen molar-refractivity contribution in [3.8, 4) is 28.5 Å². The van der Waals surface area contributed by atoms with Gasteiger partial charge in [-0.3, -0.25) is 0 Å². The average Bonchev–Trinajstić information content (AvgIpc) is 2.55. The highest BCUT2D eigenvalue weighted by Gasteiger charge is 2.13. The van der Waals surface area contributed by atoms with Crippen LogP contribution in [0.1, 0.15) is 5.56 Å². The molecule has 0 spiro atoms. The lowest BCUT2D eigenvalue weighted by atomic mass is 9.98. The van der Waals surface area contributed by atoms with Crippen LogP contribution < -0.4 is 5.73 Å². The zero-order chi connectivity index (χ0) is 16.4. The molecule has 0 amide bonds. The number of nitrogen functional groups attached to an aromatic ring is 1. The number of pyridine rings is 1. The van der Waals surface area contributed by atoms with Crippen molar-refractivity contribution in [1.29, 1.82) is 5.26 Å². The summed E-state index contributed by atoms with van der Waals surface area (Å²) >= 11 is 0. The molecule has 1 heterocycles. The molecule has 0 aliphatic heterocycles. The number of hydrogen-bond donors (Lipinski definition) is 1. The van der Waals surface area contributed by atoms with Gasteiger partial charge >= 0.3 is 0 Å². The fourth-order valence-electron chi connectivity index (χ4n) is 2.31. The zero-order valence-corrected chi connectivity index (χ0v) is 11.9. The van der Waals surface area contributed by atoms with E-state index in [0.29, 0.717) is 22.4 Å². The number of benzene rings is 2. The minimum absolute atomic E-state index is 0.0775. The van der Waals surface area contributed by atoms with Gasteiger partial charge in [0.1, 0.15) is 29.1 Å². The number of hydrogen-bond acceptors (Lipinski definition) is 3. The quantitative estimate of drug-likeness (QED) is 0.773. The fourth-order valence-corrected chi connectivity index (χ4v) is 2.31. The van der Waals surface area contributed by atoms with Crippen LogP contribution in [0.5, 0.6) is 0 Å². The van der Waals surface area contributed by atoms with Crippen LogP contribution in [0.25, 0.3) is 22.4 Å². The molecule has 0 fully saturated rings. The molecule has 1 aromatic heterocycles. The molecule has 2 N–H and O–H groups in total. The Morgan fingerprint density at radius 2 is 1.39 bits per heavy atom. The first-order valence-electron chi connectivity index (χ1n) is 6.81. The summed E-state index contributed by atoms with van der Waals surface area (Å²) in [5.41, 5.74) is 8.50. The van der Waals surface area contributed by atoms with Gasteiger partial charge < -0.3 is 5.73 Å². The third-order valence-electron chi connectivity index (χ3n) is 3.45. The molecule has 5 heteroatoms. The highest BCUT2D eigenvalue weighted by atomic mass is 19.1. The molecular weight excluding hydrogens is 296 g/mol. The molecule has 0 aliphatic rings. The van der Waals surface area contributed by atoms with Crippen LogP contribution in [0.2, 0.25) is 0 Å². The van der Waals surface area contributed by atoms with E-state index in [-0.39, 0.29) is 23.0 Å². The molecule has 2 aromatic carbocycles. The van der Waals surface area contributed by atoms with Crippen LogP contribution in [0.4, 0.5) is 14.6 Å². The van der Waals surface area contributed by atoms with E-state index >= 15 is 0 Å². The number of nitriles is 1. The van der Waals surface area contributed by atoms with Gasteiger partial charge in [0.15, 0.2) is 0 Å². The van der Waals surface area contributed by atoms with Crippen molar-refractivity contribution >= 4 is 5.82 Å². The Bertz CT molecular complexity index is 895. The van der Waals surface area contributed by atoms with E-state index in [9.17, 15) is 14.0 Å². The van der Waals surface area contributed by atoms with Gasteiger partial charge in [0.05, 0.1) is 5.69 Å². The van der Waals surface area contributed by atoms with Crippen molar-refractivity contribution in [3.05, 3.63) is 71.8 Å². The lowest BCUT2D eigenvalue weighted by Crippen LogP contribution is -1.99. The second-order valence-corrected chi connectivity index (χ2v) is 4.94. The molecule has 0 radical (unpaired) electrons. The molecule has 3 nitrogen and oxygen atoms in total. The van der Waals surface area contributed by atoms with Crippen LogP contribution in [-0.2, 0) is 0 Å². The third kappa shape index (κ3) is 2.87. The van der Waals surface area contributed by atoms with Crippen LogP contribution in [0.15, 0.2) is 54.6 Å². The average molecular weight is 307 g/mol. The van der Waals surface area contributed by atoms with Gasteiger partial charge in [-0.15, -0.1) is 0 Å². The Hall–Kier alpha value is -3.26. The van der Waals surface area contributed by atoms with E-state index in [4.69, 9.17) is 5.73 Å². The van der Waals surface area contributed by atoms with Gasteiger partial charge in [-0.2, -0.15) is 5.26 Å². The monoisotopic (exact) mass is 307 g/mol. The van der Waals surface area contributed by atoms with Crippen molar-refractivity contribution in [2.45, 2.75) is 0 Å². The van der Waals surface area contributed by atoms with Crippen molar-refractivity contribution in [3.63, 3.8) is 0 Å². The molecule has 0 saturated carbocycles. The second-order valence-electron chi connectivity index (χ2n) is 4.94. The van der Waals surface area contributed by atoms with Crippen molar-refractivity contribution in [2.24, 2.45) is 0 Å². The van der Waals surface area contributed by atoms with Crippen LogP contribution in [0, 0.1) is 23.0 Å². The summed E-state index contributed by atoms with van der Waals surface area (Å²) in [6.45, 7) is 0. The van der Waals surface area contributed by atoms with E-state index in [1.54, 1.807) is 30.3 Å². The predicted molar refractivity (Wildman–Crippen MR) is 84.2 cm³/mol. The molecular formula is C18H11F2N3. The number of nitrogens with two attached hydrogens (primary N) is 1. The van der Waals surface area contributed by atoms with E-state index in [1.165, 1.54) is 24.3 Å². The molecule has 0 bridgehead atoms. The number of anilines is 1. The lowest BCUT2D eigenvalue weighted by Gasteiger charge is -2.10. The summed E-state index contributed by atoms with van der Waals surface area (Å²) in [5.74, 6) is -0.643. The molecule has 3 rings (SSSR count). The molecule has 0 saturated heterocycles. The first-order valence-corrected chi connectivity index (χ1v) is 6.81. The third-order valence-corrected chi connectivity index (χ3v) is 3.45. The number of nitrogens with zero attached hydrogens (tertiary/aromatic N) is 2. The molecule has 0 aliphatic carbocycles. The summed E-state index contributed by atoms with van der Waals surface area (Å²) in [5, 5.41) is 9.32. The fraction of sp³-hybridized carbons (Fsp3) is 0. The summed E-state index contributed by atoms with van der Waals surface area (Å²) in [4.78, 5) is 4.21. The molecule has 23 heavy (non-hydrogen) atoms. The maximum absolute atomic E-state index is 13.1. The van der Waals surface area contributed by atoms with Gasteiger partial charge in [-0.05, 0) is 48.0 Å².